The van der Waals surface area contributed by atoms with Gasteiger partial charge in [-0.3, -0.25) is 33.0 Å². The van der Waals surface area contributed by atoms with Crippen LogP contribution in [-0.2, 0) is 32.7 Å². The number of rotatable bonds is 15. The second-order valence-corrected chi connectivity index (χ2v) is 9.90. The first-order chi connectivity index (χ1) is 17.6. The molecule has 1 aromatic rings. The molecule has 1 aromatic heterocycles. The van der Waals surface area contributed by atoms with E-state index in [1.54, 1.807) is 0 Å². The molecule has 0 aromatic carbocycles. The molecule has 14 nitrogen and oxygen atoms in total. The Bertz CT molecular complexity index is 1100. The van der Waals surface area contributed by atoms with Crippen LogP contribution in [0.4, 0.5) is 0 Å². The third-order valence-electron chi connectivity index (χ3n) is 5.51. The molecule has 2 rings (SSSR count). The van der Waals surface area contributed by atoms with Crippen molar-refractivity contribution in [3.63, 3.8) is 0 Å². The molecule has 0 aliphatic carbocycles. The molecule has 208 valence electrons. The Morgan fingerprint density at radius 1 is 1.22 bits per heavy atom. The lowest BCUT2D eigenvalue weighted by Gasteiger charge is -2.19. The molecular weight excluding hydrogens is 511 g/mol. The van der Waals surface area contributed by atoms with Gasteiger partial charge in [-0.25, -0.2) is 9.36 Å². The third-order valence-corrected chi connectivity index (χ3v) is 6.51. The molecule has 4 N–H and O–H groups in total. The number of hydrogen-bond acceptors (Lipinski definition) is 9. The zero-order valence-corrected chi connectivity index (χ0v) is 22.0. The van der Waals surface area contributed by atoms with E-state index in [1.165, 1.54) is 32.4 Å². The van der Waals surface area contributed by atoms with Crippen LogP contribution in [0.1, 0.15) is 50.8 Å². The number of nitrogens with zero attached hydrogens (tertiary/aromatic N) is 1. The fourth-order valence-corrected chi connectivity index (χ4v) is 4.30. The second kappa shape index (κ2) is 15.0. The maximum atomic E-state index is 12.4. The summed E-state index contributed by atoms with van der Waals surface area (Å²) in [5, 5.41) is 5.45. The van der Waals surface area contributed by atoms with E-state index in [0.29, 0.717) is 13.1 Å². The summed E-state index contributed by atoms with van der Waals surface area (Å²) < 4.78 is 33.4. The predicted molar refractivity (Wildman–Crippen MR) is 133 cm³/mol. The monoisotopic (exact) mass is 546 g/mol. The normalized spacial score (nSPS) is 21.1. The number of carbonyl (C=O) groups is 2. The van der Waals surface area contributed by atoms with Crippen LogP contribution in [0.15, 0.2) is 21.9 Å². The molecule has 15 heteroatoms. The maximum Gasteiger partial charge on any atom is 0.472 e. The van der Waals surface area contributed by atoms with Gasteiger partial charge in [-0.05, 0) is 18.9 Å². The number of carbonyl (C=O) groups excluding carboxylic acids is 2. The van der Waals surface area contributed by atoms with E-state index in [2.05, 4.69) is 20.1 Å². The lowest BCUT2D eigenvalue weighted by molar-refractivity contribution is -0.119. The Kier molecular flexibility index (Phi) is 12.4. The zero-order chi connectivity index (χ0) is 27.4. The highest BCUT2D eigenvalue weighted by molar-refractivity contribution is 7.47. The van der Waals surface area contributed by atoms with E-state index in [9.17, 15) is 28.6 Å². The molecule has 2 amide bonds. The Labute approximate surface area is 213 Å². The van der Waals surface area contributed by atoms with Crippen molar-refractivity contribution < 1.29 is 37.6 Å². The van der Waals surface area contributed by atoms with Crippen molar-refractivity contribution in [1.29, 1.82) is 0 Å². The van der Waals surface area contributed by atoms with Gasteiger partial charge < -0.3 is 25.0 Å². The van der Waals surface area contributed by atoms with Gasteiger partial charge in [0.1, 0.15) is 18.4 Å². The van der Waals surface area contributed by atoms with Crippen molar-refractivity contribution in [3.05, 3.63) is 38.7 Å². The van der Waals surface area contributed by atoms with Gasteiger partial charge in [0.15, 0.2) is 0 Å². The Balaban J connectivity index is 1.97. The largest absolute Gasteiger partial charge is 0.472 e. The summed E-state index contributed by atoms with van der Waals surface area (Å²) in [6, 6.07) is 0. The van der Waals surface area contributed by atoms with Crippen molar-refractivity contribution >= 4 is 25.7 Å². The standard InChI is InChI=1S/C22H35N4O10P/c1-15(27)23-10-6-4-5-7-11-24-19(28)9-8-16-13-26(22(30)25-21(16)29)20-12-17(18(35-20)14-33-2)36-37(31,32)34-3/h8-9,13,17-18,20H,4-7,10-12,14H2,1-3H3,(H,23,27)(H,24,28)(H,31,32)(H,25,29,30)/b9-8+/t17-,18?,20-/m1/s1. The summed E-state index contributed by atoms with van der Waals surface area (Å²) in [6.45, 7) is 2.57. The number of unbranched alkanes of at least 4 members (excludes halogenated alkanes) is 3. The van der Waals surface area contributed by atoms with Gasteiger partial charge >= 0.3 is 13.5 Å². The van der Waals surface area contributed by atoms with Crippen LogP contribution in [-0.4, -0.2) is 72.4 Å². The van der Waals surface area contributed by atoms with Crippen LogP contribution in [0.5, 0.6) is 0 Å². The number of nitrogens with one attached hydrogen (secondary N) is 3. The van der Waals surface area contributed by atoms with E-state index >= 15 is 0 Å². The highest BCUT2D eigenvalue weighted by Crippen LogP contribution is 2.47. The van der Waals surface area contributed by atoms with Gasteiger partial charge in [0, 0.05) is 52.9 Å². The number of phosphoric ester groups is 1. The van der Waals surface area contributed by atoms with Crippen LogP contribution in [0.2, 0.25) is 0 Å². The van der Waals surface area contributed by atoms with Gasteiger partial charge in [-0.2, -0.15) is 0 Å². The fourth-order valence-electron chi connectivity index (χ4n) is 3.65. The molecule has 1 aliphatic rings. The SMILES string of the molecule is COCC1O[C@@H](n2cc(/C=C/C(=O)NCCCCCCNC(C)=O)c(=O)[nH]c2=O)C[C@H]1OP(=O)(O)OC. The number of phosphoric acid groups is 1. The van der Waals surface area contributed by atoms with Gasteiger partial charge in [0.2, 0.25) is 11.8 Å². The zero-order valence-electron chi connectivity index (χ0n) is 21.1. The van der Waals surface area contributed by atoms with Crippen molar-refractivity contribution in [2.75, 3.05) is 33.9 Å². The molecule has 37 heavy (non-hydrogen) atoms. The van der Waals surface area contributed by atoms with Gasteiger partial charge in [0.05, 0.1) is 12.2 Å². The van der Waals surface area contributed by atoms with E-state index < -0.39 is 43.4 Å². The summed E-state index contributed by atoms with van der Waals surface area (Å²) in [7, 11) is -1.89. The maximum absolute atomic E-state index is 12.4. The number of aromatic nitrogens is 2. The Hall–Kier alpha value is -2.61. The number of aromatic amines is 1. The molecule has 2 unspecified atom stereocenters. The first-order valence-corrected chi connectivity index (χ1v) is 13.3. The second-order valence-electron chi connectivity index (χ2n) is 8.39. The van der Waals surface area contributed by atoms with Crippen molar-refractivity contribution in [2.24, 2.45) is 0 Å². The fraction of sp³-hybridized carbons (Fsp3) is 0.636. The third kappa shape index (κ3) is 10.3. The molecule has 1 fully saturated rings. The minimum Gasteiger partial charge on any atom is -0.382 e. The minimum absolute atomic E-state index is 0.00232. The summed E-state index contributed by atoms with van der Waals surface area (Å²) in [5.74, 6) is -0.461. The Morgan fingerprint density at radius 3 is 2.51 bits per heavy atom. The van der Waals surface area contributed by atoms with Crippen LogP contribution in [0.25, 0.3) is 6.08 Å². The van der Waals surface area contributed by atoms with Gasteiger partial charge in [-0.1, -0.05) is 12.8 Å². The number of amides is 2. The average Bonchev–Trinajstić information content (AvgIpc) is 3.21. The number of H-pyrrole nitrogens is 1. The van der Waals surface area contributed by atoms with Crippen molar-refractivity contribution in [1.82, 2.24) is 20.2 Å². The van der Waals surface area contributed by atoms with E-state index in [-0.39, 0.29) is 24.5 Å². The molecular formula is C22H35N4O10P. The first-order valence-electron chi connectivity index (χ1n) is 11.8. The molecule has 0 bridgehead atoms. The molecule has 1 aliphatic heterocycles. The summed E-state index contributed by atoms with van der Waals surface area (Å²) in [4.78, 5) is 59.5. The van der Waals surface area contributed by atoms with E-state index in [1.807, 2.05) is 0 Å². The minimum atomic E-state index is -4.33. The molecule has 4 atom stereocenters. The van der Waals surface area contributed by atoms with Crippen molar-refractivity contribution in [2.45, 2.75) is 57.5 Å². The topological polar surface area (TPSA) is 187 Å². The lowest BCUT2D eigenvalue weighted by Crippen LogP contribution is -2.33. The predicted octanol–water partition coefficient (Wildman–Crippen LogP) is 0.428. The van der Waals surface area contributed by atoms with Gasteiger partial charge in [-0.15, -0.1) is 0 Å². The molecule has 2 heterocycles. The number of hydrogen-bond donors (Lipinski definition) is 4. The van der Waals surface area contributed by atoms with Crippen LogP contribution >= 0.6 is 7.82 Å². The lowest BCUT2D eigenvalue weighted by atomic mass is 10.2. The first kappa shape index (κ1) is 30.6. The number of ether oxygens (including phenoxy) is 2. The smallest absolute Gasteiger partial charge is 0.382 e. The Morgan fingerprint density at radius 2 is 1.89 bits per heavy atom. The highest BCUT2D eigenvalue weighted by Gasteiger charge is 2.41. The van der Waals surface area contributed by atoms with Crippen LogP contribution < -0.4 is 21.9 Å². The van der Waals surface area contributed by atoms with E-state index in [4.69, 9.17) is 14.0 Å². The quantitative estimate of drug-likeness (QED) is 0.136. The summed E-state index contributed by atoms with van der Waals surface area (Å²) in [5.41, 5.74) is -1.41. The molecule has 0 radical (unpaired) electrons. The molecule has 1 saturated heterocycles. The molecule has 0 spiro atoms. The highest BCUT2D eigenvalue weighted by atomic mass is 31.2. The average molecular weight is 547 g/mol. The van der Waals surface area contributed by atoms with E-state index in [0.717, 1.165) is 37.4 Å². The van der Waals surface area contributed by atoms with Crippen molar-refractivity contribution in [3.8, 4) is 0 Å². The number of methoxy groups -OCH3 is 1. The van der Waals surface area contributed by atoms with Crippen LogP contribution in [0.3, 0.4) is 0 Å². The van der Waals surface area contributed by atoms with Crippen LogP contribution in [0, 0.1) is 0 Å². The van der Waals surface area contributed by atoms with Gasteiger partial charge in [0.25, 0.3) is 5.56 Å². The molecule has 0 saturated carbocycles. The summed E-state index contributed by atoms with van der Waals surface area (Å²) in [6.07, 6.45) is 4.51. The summed E-state index contributed by atoms with van der Waals surface area (Å²) >= 11 is 0.